The Morgan fingerprint density at radius 1 is 1.07 bits per heavy atom. The van der Waals surface area contributed by atoms with E-state index in [1.807, 2.05) is 12.1 Å². The van der Waals surface area contributed by atoms with E-state index < -0.39 is 17.4 Å². The molecule has 0 unspecified atom stereocenters. The van der Waals surface area contributed by atoms with Gasteiger partial charge in [-0.05, 0) is 80.3 Å². The molecule has 1 saturated carbocycles. The quantitative estimate of drug-likeness (QED) is 0.607. The molecule has 3 aromatic rings. The average Bonchev–Trinajstić information content (AvgIpc) is 3.06. The summed E-state index contributed by atoms with van der Waals surface area (Å²) >= 11 is 0. The minimum absolute atomic E-state index is 0.416. The number of halogens is 2. The summed E-state index contributed by atoms with van der Waals surface area (Å²) in [6, 6.07) is 10.2. The van der Waals surface area contributed by atoms with Crippen molar-refractivity contribution in [3.63, 3.8) is 0 Å². The predicted octanol–water partition coefficient (Wildman–Crippen LogP) is 4.65. The Kier molecular flexibility index (Phi) is 5.57. The molecule has 0 atom stereocenters. The van der Waals surface area contributed by atoms with Gasteiger partial charge in [0.2, 0.25) is 0 Å². The molecule has 1 fully saturated rings. The van der Waals surface area contributed by atoms with E-state index in [-0.39, 0.29) is 0 Å². The van der Waals surface area contributed by atoms with Crippen LogP contribution in [0.1, 0.15) is 49.1 Å². The van der Waals surface area contributed by atoms with E-state index in [1.165, 1.54) is 17.7 Å². The van der Waals surface area contributed by atoms with Crippen molar-refractivity contribution in [2.24, 2.45) is 0 Å². The maximum absolute atomic E-state index is 13.6. The van der Waals surface area contributed by atoms with Gasteiger partial charge in [-0.3, -0.25) is 4.98 Å². The highest BCUT2D eigenvalue weighted by Crippen LogP contribution is 2.34. The second kappa shape index (κ2) is 8.27. The minimum Gasteiger partial charge on any atom is -0.408 e. The van der Waals surface area contributed by atoms with Crippen molar-refractivity contribution in [2.45, 2.75) is 50.5 Å². The standard InChI is InChI=1S/C22H24F2N2O2/c23-17-7-3-15(19(24)13-17)2-1-11-25-18-8-4-14(5-9-18)16-6-10-20-21(12-16)28-22(27)26-20/h3,6-7,10,12-14,18,25H,1-2,4-5,8-9,11H2,(H,26,27)/t14-,18-. The number of hydrogen-bond donors (Lipinski definition) is 2. The summed E-state index contributed by atoms with van der Waals surface area (Å²) in [5, 5.41) is 3.57. The monoisotopic (exact) mass is 386 g/mol. The first kappa shape index (κ1) is 18.9. The average molecular weight is 386 g/mol. The number of aromatic amines is 1. The fourth-order valence-corrected chi connectivity index (χ4v) is 4.16. The number of hydrogen-bond acceptors (Lipinski definition) is 3. The van der Waals surface area contributed by atoms with Gasteiger partial charge in [-0.25, -0.2) is 13.6 Å². The first-order valence-corrected chi connectivity index (χ1v) is 9.88. The van der Waals surface area contributed by atoms with Gasteiger partial charge in [-0.2, -0.15) is 0 Å². The molecule has 0 amide bonds. The number of oxazole rings is 1. The van der Waals surface area contributed by atoms with Crippen molar-refractivity contribution < 1.29 is 13.2 Å². The molecule has 6 heteroatoms. The molecule has 1 heterocycles. The summed E-state index contributed by atoms with van der Waals surface area (Å²) in [6.45, 7) is 0.826. The number of H-pyrrole nitrogens is 1. The van der Waals surface area contributed by atoms with Crippen LogP contribution in [0, 0.1) is 11.6 Å². The molecule has 2 aromatic carbocycles. The molecule has 0 bridgehead atoms. The van der Waals surface area contributed by atoms with Gasteiger partial charge >= 0.3 is 5.76 Å². The molecule has 0 saturated heterocycles. The SMILES string of the molecule is O=c1[nH]c2ccc([C@H]3CC[C@H](NCCCc4ccc(F)cc4F)CC3)cc2o1. The maximum atomic E-state index is 13.6. The number of nitrogens with one attached hydrogen (secondary N) is 2. The van der Waals surface area contributed by atoms with Crippen LogP contribution in [0.25, 0.3) is 11.1 Å². The molecule has 0 aliphatic heterocycles. The Balaban J connectivity index is 1.23. The Bertz CT molecular complexity index is 1000. The minimum atomic E-state index is -0.533. The first-order chi connectivity index (χ1) is 13.6. The van der Waals surface area contributed by atoms with E-state index in [0.717, 1.165) is 50.2 Å². The maximum Gasteiger partial charge on any atom is 0.417 e. The molecular weight excluding hydrogens is 362 g/mol. The van der Waals surface area contributed by atoms with E-state index in [4.69, 9.17) is 4.42 Å². The van der Waals surface area contributed by atoms with Gasteiger partial charge in [0.1, 0.15) is 11.6 Å². The molecule has 1 aromatic heterocycles. The number of fused-ring (bicyclic) bond motifs is 1. The molecule has 2 N–H and O–H groups in total. The van der Waals surface area contributed by atoms with Gasteiger partial charge in [0, 0.05) is 12.1 Å². The van der Waals surface area contributed by atoms with E-state index in [2.05, 4.69) is 16.4 Å². The van der Waals surface area contributed by atoms with Crippen LogP contribution in [-0.2, 0) is 6.42 Å². The molecular formula is C22H24F2N2O2. The normalized spacial score (nSPS) is 19.9. The number of benzene rings is 2. The van der Waals surface area contributed by atoms with Crippen LogP contribution < -0.4 is 11.1 Å². The van der Waals surface area contributed by atoms with Gasteiger partial charge in [-0.15, -0.1) is 0 Å². The molecule has 28 heavy (non-hydrogen) atoms. The van der Waals surface area contributed by atoms with Crippen LogP contribution in [-0.4, -0.2) is 17.6 Å². The van der Waals surface area contributed by atoms with Gasteiger partial charge in [-0.1, -0.05) is 12.1 Å². The molecule has 1 aliphatic carbocycles. The third-order valence-electron chi connectivity index (χ3n) is 5.71. The Morgan fingerprint density at radius 3 is 2.68 bits per heavy atom. The fourth-order valence-electron chi connectivity index (χ4n) is 4.16. The number of aromatic nitrogens is 1. The highest BCUT2D eigenvalue weighted by molar-refractivity contribution is 5.72. The van der Waals surface area contributed by atoms with Gasteiger partial charge in [0.05, 0.1) is 5.52 Å². The molecule has 0 spiro atoms. The van der Waals surface area contributed by atoms with Crippen LogP contribution >= 0.6 is 0 Å². The van der Waals surface area contributed by atoms with Gasteiger partial charge in [0.15, 0.2) is 5.58 Å². The summed E-state index contributed by atoms with van der Waals surface area (Å²) in [6.07, 6.45) is 5.78. The second-order valence-corrected chi connectivity index (χ2v) is 7.61. The Labute approximate surface area is 162 Å². The van der Waals surface area contributed by atoms with E-state index >= 15 is 0 Å². The van der Waals surface area contributed by atoms with Crippen LogP contribution in [0.15, 0.2) is 45.6 Å². The largest absolute Gasteiger partial charge is 0.417 e. The van der Waals surface area contributed by atoms with Crippen molar-refractivity contribution in [1.29, 1.82) is 0 Å². The highest BCUT2D eigenvalue weighted by atomic mass is 19.1. The van der Waals surface area contributed by atoms with E-state index in [9.17, 15) is 13.6 Å². The zero-order valence-corrected chi connectivity index (χ0v) is 15.6. The topological polar surface area (TPSA) is 58.0 Å². The lowest BCUT2D eigenvalue weighted by Gasteiger charge is -2.29. The van der Waals surface area contributed by atoms with Crippen LogP contribution in [0.2, 0.25) is 0 Å². The predicted molar refractivity (Wildman–Crippen MR) is 105 cm³/mol. The Hall–Kier alpha value is -2.47. The number of rotatable bonds is 6. The van der Waals surface area contributed by atoms with Crippen LogP contribution in [0.4, 0.5) is 8.78 Å². The fraction of sp³-hybridized carbons (Fsp3) is 0.409. The van der Waals surface area contributed by atoms with E-state index in [1.54, 1.807) is 0 Å². The lowest BCUT2D eigenvalue weighted by atomic mass is 9.81. The van der Waals surface area contributed by atoms with Crippen LogP contribution in [0.5, 0.6) is 0 Å². The first-order valence-electron chi connectivity index (χ1n) is 9.88. The van der Waals surface area contributed by atoms with Crippen molar-refractivity contribution in [3.05, 3.63) is 69.7 Å². The highest BCUT2D eigenvalue weighted by Gasteiger charge is 2.22. The lowest BCUT2D eigenvalue weighted by Crippen LogP contribution is -2.33. The zero-order valence-electron chi connectivity index (χ0n) is 15.6. The van der Waals surface area contributed by atoms with Crippen LogP contribution in [0.3, 0.4) is 0 Å². The lowest BCUT2D eigenvalue weighted by molar-refractivity contribution is 0.342. The van der Waals surface area contributed by atoms with Crippen molar-refractivity contribution in [2.75, 3.05) is 6.54 Å². The van der Waals surface area contributed by atoms with Gasteiger partial charge in [0.25, 0.3) is 0 Å². The molecule has 1 aliphatic rings. The smallest absolute Gasteiger partial charge is 0.408 e. The van der Waals surface area contributed by atoms with Crippen molar-refractivity contribution in [3.8, 4) is 0 Å². The summed E-state index contributed by atoms with van der Waals surface area (Å²) < 4.78 is 31.8. The summed E-state index contributed by atoms with van der Waals surface area (Å²) in [5.74, 6) is -0.929. The number of aryl methyl sites for hydroxylation is 1. The van der Waals surface area contributed by atoms with Gasteiger partial charge < -0.3 is 9.73 Å². The summed E-state index contributed by atoms with van der Waals surface area (Å²) in [4.78, 5) is 14.0. The third kappa shape index (κ3) is 4.33. The molecule has 0 radical (unpaired) electrons. The second-order valence-electron chi connectivity index (χ2n) is 7.61. The Morgan fingerprint density at radius 2 is 1.89 bits per heavy atom. The van der Waals surface area contributed by atoms with Crippen molar-refractivity contribution >= 4 is 11.1 Å². The van der Waals surface area contributed by atoms with E-state index in [0.29, 0.717) is 29.5 Å². The molecule has 4 rings (SSSR count). The summed E-state index contributed by atoms with van der Waals surface area (Å²) in [5.41, 5.74) is 3.15. The molecule has 148 valence electrons. The summed E-state index contributed by atoms with van der Waals surface area (Å²) in [7, 11) is 0. The van der Waals surface area contributed by atoms with Crippen molar-refractivity contribution in [1.82, 2.24) is 10.3 Å². The third-order valence-corrected chi connectivity index (χ3v) is 5.71. The zero-order chi connectivity index (χ0) is 19.5. The molecule has 4 nitrogen and oxygen atoms in total.